The first-order valence-electron chi connectivity index (χ1n) is 11.5. The van der Waals surface area contributed by atoms with E-state index >= 15 is 0 Å². The van der Waals surface area contributed by atoms with Gasteiger partial charge in [-0.25, -0.2) is 0 Å². The van der Waals surface area contributed by atoms with Gasteiger partial charge in [-0.05, 0) is 73.9 Å². The molecule has 9 heteroatoms. The zero-order valence-electron chi connectivity index (χ0n) is 20.5. The Morgan fingerprint density at radius 2 is 1.73 bits per heavy atom. The summed E-state index contributed by atoms with van der Waals surface area (Å²) in [4.78, 5) is 12.9. The number of hydrogen-bond donors (Lipinski definition) is 1. The van der Waals surface area contributed by atoms with Crippen LogP contribution in [0.1, 0.15) is 44.0 Å². The van der Waals surface area contributed by atoms with E-state index in [1.165, 1.54) is 6.07 Å². The topological polar surface area (TPSA) is 56.1 Å². The molecule has 37 heavy (non-hydrogen) atoms. The minimum absolute atomic E-state index is 0.145. The molecule has 4 rings (SSSR count). The number of aromatic nitrogens is 2. The van der Waals surface area contributed by atoms with Gasteiger partial charge in [0, 0.05) is 5.56 Å². The molecule has 1 heterocycles. The molecule has 5 nitrogen and oxygen atoms in total. The molecule has 192 valence electrons. The molecule has 1 amide bonds. The highest BCUT2D eigenvalue weighted by Gasteiger charge is 2.30. The van der Waals surface area contributed by atoms with Gasteiger partial charge in [-0.15, -0.1) is 0 Å². The van der Waals surface area contributed by atoms with Crippen LogP contribution in [0.3, 0.4) is 0 Å². The van der Waals surface area contributed by atoms with Gasteiger partial charge in [-0.2, -0.15) is 18.3 Å². The van der Waals surface area contributed by atoms with Crippen molar-refractivity contribution in [3.05, 3.63) is 111 Å². The first-order chi connectivity index (χ1) is 17.5. The Bertz CT molecular complexity index is 1430. The third-order valence-electron chi connectivity index (χ3n) is 5.90. The summed E-state index contributed by atoms with van der Waals surface area (Å²) < 4.78 is 46.5. The van der Waals surface area contributed by atoms with Gasteiger partial charge in [0.25, 0.3) is 5.91 Å². The number of hydrogen-bond acceptors (Lipinski definition) is 3. The molecule has 0 spiro atoms. The van der Waals surface area contributed by atoms with E-state index in [9.17, 15) is 18.0 Å². The number of anilines is 1. The Kier molecular flexibility index (Phi) is 7.59. The van der Waals surface area contributed by atoms with Crippen molar-refractivity contribution < 1.29 is 22.7 Å². The molecular formula is C28H25ClF3N3O2. The summed E-state index contributed by atoms with van der Waals surface area (Å²) >= 11 is 6.17. The van der Waals surface area contributed by atoms with Crippen molar-refractivity contribution in [1.82, 2.24) is 9.78 Å². The molecule has 1 aromatic heterocycles. The van der Waals surface area contributed by atoms with Crippen LogP contribution < -0.4 is 10.1 Å². The van der Waals surface area contributed by atoms with Crippen molar-refractivity contribution in [3.63, 3.8) is 0 Å². The molecule has 0 radical (unpaired) electrons. The summed E-state index contributed by atoms with van der Waals surface area (Å²) in [5.74, 6) is 0.274. The lowest BCUT2D eigenvalue weighted by atomic mass is 10.1. The molecule has 0 saturated carbocycles. The van der Waals surface area contributed by atoms with Crippen LogP contribution in [0.2, 0.25) is 5.02 Å². The van der Waals surface area contributed by atoms with Crippen LogP contribution in [-0.4, -0.2) is 15.7 Å². The van der Waals surface area contributed by atoms with Crippen LogP contribution in [0, 0.1) is 20.8 Å². The van der Waals surface area contributed by atoms with Gasteiger partial charge >= 0.3 is 6.18 Å². The predicted octanol–water partition coefficient (Wildman–Crippen LogP) is 7.36. The Hall–Kier alpha value is -3.78. The average Bonchev–Trinajstić information content (AvgIpc) is 3.11. The Labute approximate surface area is 217 Å². The first-order valence-corrected chi connectivity index (χ1v) is 11.9. The van der Waals surface area contributed by atoms with Gasteiger partial charge in [-0.1, -0.05) is 41.9 Å². The Morgan fingerprint density at radius 3 is 2.43 bits per heavy atom. The van der Waals surface area contributed by atoms with E-state index in [4.69, 9.17) is 16.3 Å². The fourth-order valence-corrected chi connectivity index (χ4v) is 4.04. The maximum atomic E-state index is 13.1. The molecule has 0 atom stereocenters. The minimum atomic E-state index is -4.42. The third kappa shape index (κ3) is 6.32. The second kappa shape index (κ2) is 10.7. The molecule has 4 aromatic rings. The summed E-state index contributed by atoms with van der Waals surface area (Å²) in [7, 11) is 0. The maximum absolute atomic E-state index is 13.1. The van der Waals surface area contributed by atoms with E-state index in [1.54, 1.807) is 54.9 Å². The van der Waals surface area contributed by atoms with E-state index < -0.39 is 11.7 Å². The molecule has 0 saturated heterocycles. The highest BCUT2D eigenvalue weighted by molar-refractivity contribution is 6.32. The number of ether oxygens (including phenoxy) is 1. The van der Waals surface area contributed by atoms with E-state index in [0.717, 1.165) is 23.3 Å². The molecule has 0 fully saturated rings. The fourth-order valence-electron chi connectivity index (χ4n) is 3.87. The number of amides is 1. The van der Waals surface area contributed by atoms with Gasteiger partial charge in [0.05, 0.1) is 34.2 Å². The SMILES string of the molecule is Cc1ccc(Cl)c(OCc2ccc(C(=O)Nc3c(C)nn(Cc4cccc(C(F)(F)F)c4)c3C)cc2)c1. The number of carbonyl (C=O) groups is 1. The molecule has 0 aliphatic carbocycles. The van der Waals surface area contributed by atoms with Crippen molar-refractivity contribution in [2.24, 2.45) is 0 Å². The summed E-state index contributed by atoms with van der Waals surface area (Å²) in [5.41, 5.74) is 3.84. The summed E-state index contributed by atoms with van der Waals surface area (Å²) in [6.45, 7) is 5.90. The van der Waals surface area contributed by atoms with Crippen LogP contribution in [0.15, 0.2) is 66.7 Å². The number of nitrogens with zero attached hydrogens (tertiary/aromatic N) is 2. The van der Waals surface area contributed by atoms with E-state index in [-0.39, 0.29) is 12.5 Å². The number of benzene rings is 3. The average molecular weight is 528 g/mol. The molecule has 0 unspecified atom stereocenters. The van der Waals surface area contributed by atoms with E-state index in [2.05, 4.69) is 10.4 Å². The zero-order valence-corrected chi connectivity index (χ0v) is 21.2. The van der Waals surface area contributed by atoms with E-state index in [0.29, 0.717) is 45.6 Å². The van der Waals surface area contributed by atoms with Gasteiger partial charge in [-0.3, -0.25) is 9.48 Å². The highest BCUT2D eigenvalue weighted by atomic mass is 35.5. The second-order valence-electron chi connectivity index (χ2n) is 8.78. The van der Waals surface area contributed by atoms with Crippen molar-refractivity contribution in [1.29, 1.82) is 0 Å². The minimum Gasteiger partial charge on any atom is -0.487 e. The first kappa shape index (κ1) is 26.3. The molecule has 0 bridgehead atoms. The Balaban J connectivity index is 1.42. The van der Waals surface area contributed by atoms with Crippen LogP contribution >= 0.6 is 11.6 Å². The summed E-state index contributed by atoms with van der Waals surface area (Å²) in [6.07, 6.45) is -4.42. The molecular weight excluding hydrogens is 503 g/mol. The lowest BCUT2D eigenvalue weighted by molar-refractivity contribution is -0.137. The number of rotatable bonds is 7. The summed E-state index contributed by atoms with van der Waals surface area (Å²) in [5, 5.41) is 7.82. The Morgan fingerprint density at radius 1 is 1.00 bits per heavy atom. The van der Waals surface area contributed by atoms with Crippen LogP contribution in [0.25, 0.3) is 0 Å². The normalized spacial score (nSPS) is 11.4. The number of aryl methyl sites for hydroxylation is 2. The van der Waals surface area contributed by atoms with Crippen molar-refractivity contribution in [2.75, 3.05) is 5.32 Å². The monoisotopic (exact) mass is 527 g/mol. The van der Waals surface area contributed by atoms with Gasteiger partial charge in [0.15, 0.2) is 0 Å². The largest absolute Gasteiger partial charge is 0.487 e. The smallest absolute Gasteiger partial charge is 0.416 e. The van der Waals surface area contributed by atoms with Crippen LogP contribution in [0.5, 0.6) is 5.75 Å². The van der Waals surface area contributed by atoms with Crippen molar-refractivity contribution >= 4 is 23.2 Å². The van der Waals surface area contributed by atoms with E-state index in [1.807, 2.05) is 19.1 Å². The molecule has 1 N–H and O–H groups in total. The number of carbonyl (C=O) groups excluding carboxylic acids is 1. The molecule has 0 aliphatic rings. The quantitative estimate of drug-likeness (QED) is 0.273. The lowest BCUT2D eigenvalue weighted by Crippen LogP contribution is -2.13. The highest BCUT2D eigenvalue weighted by Crippen LogP contribution is 2.30. The van der Waals surface area contributed by atoms with Crippen LogP contribution in [-0.2, 0) is 19.3 Å². The van der Waals surface area contributed by atoms with Gasteiger partial charge in [0.2, 0.25) is 0 Å². The number of alkyl halides is 3. The lowest BCUT2D eigenvalue weighted by Gasteiger charge is -2.11. The van der Waals surface area contributed by atoms with Crippen molar-refractivity contribution in [3.8, 4) is 5.75 Å². The summed E-state index contributed by atoms with van der Waals surface area (Å²) in [6, 6.07) is 17.7. The third-order valence-corrected chi connectivity index (χ3v) is 6.22. The second-order valence-corrected chi connectivity index (χ2v) is 9.18. The maximum Gasteiger partial charge on any atom is 0.416 e. The molecule has 0 aliphatic heterocycles. The van der Waals surface area contributed by atoms with Gasteiger partial charge < -0.3 is 10.1 Å². The standard InChI is InChI=1S/C28H25ClF3N3O2/c1-17-7-12-24(29)25(13-17)37-16-20-8-10-22(11-9-20)27(36)33-26-18(2)34-35(19(26)3)15-21-5-4-6-23(14-21)28(30,31)32/h4-14H,15-16H2,1-3H3,(H,33,36). The number of nitrogens with one attached hydrogen (secondary N) is 1. The number of halogens is 4. The predicted molar refractivity (Wildman–Crippen MR) is 137 cm³/mol. The van der Waals surface area contributed by atoms with Gasteiger partial charge in [0.1, 0.15) is 12.4 Å². The zero-order chi connectivity index (χ0) is 26.7. The van der Waals surface area contributed by atoms with Crippen LogP contribution in [0.4, 0.5) is 18.9 Å². The fraction of sp³-hybridized carbons (Fsp3) is 0.214. The molecule has 3 aromatic carbocycles. The van der Waals surface area contributed by atoms with Crippen molar-refractivity contribution in [2.45, 2.75) is 40.1 Å².